The minimum absolute atomic E-state index is 0.0227. The lowest BCUT2D eigenvalue weighted by Gasteiger charge is -2.20. The largest absolute Gasteiger partial charge is 0.434 e. The maximum Gasteiger partial charge on any atom is 0.387 e. The van der Waals surface area contributed by atoms with Crippen LogP contribution >= 0.6 is 0 Å². The van der Waals surface area contributed by atoms with Crippen LogP contribution in [0.2, 0.25) is 0 Å². The molecule has 0 heterocycles. The highest BCUT2D eigenvalue weighted by Gasteiger charge is 2.19. The predicted octanol–water partition coefficient (Wildman–Crippen LogP) is 2.81. The molecule has 118 valence electrons. The first-order valence-corrected chi connectivity index (χ1v) is 6.99. The number of nitrogens with one attached hydrogen (secondary N) is 1. The van der Waals surface area contributed by atoms with Crippen LogP contribution < -0.4 is 10.1 Å². The quantitative estimate of drug-likeness (QED) is 0.776. The van der Waals surface area contributed by atoms with Gasteiger partial charge in [0.05, 0.1) is 11.7 Å². The zero-order valence-corrected chi connectivity index (χ0v) is 12.2. The fraction of sp³-hybridized carbons (Fsp3) is 0.533. The maximum absolute atomic E-state index is 12.3. The second kappa shape index (κ2) is 8.56. The number of aliphatic hydroxyl groups excluding tert-OH is 1. The Hall–Kier alpha value is -1.69. The molecular formula is C15H21F2NO3. The number of alkyl halides is 2. The number of para-hydroxylation sites is 1. The summed E-state index contributed by atoms with van der Waals surface area (Å²) in [6.45, 7) is 1.01. The van der Waals surface area contributed by atoms with E-state index in [0.29, 0.717) is 0 Å². The Bertz CT molecular complexity index is 450. The SMILES string of the molecule is CCC(CC)C(O)CNC(=O)c1ccccc1OC(F)F. The lowest BCUT2D eigenvalue weighted by atomic mass is 9.96. The average molecular weight is 301 g/mol. The normalized spacial score (nSPS) is 12.5. The van der Waals surface area contributed by atoms with Crippen molar-refractivity contribution in [3.05, 3.63) is 29.8 Å². The number of ether oxygens (including phenoxy) is 1. The third kappa shape index (κ3) is 5.30. The van der Waals surface area contributed by atoms with E-state index < -0.39 is 18.6 Å². The van der Waals surface area contributed by atoms with Gasteiger partial charge in [-0.25, -0.2) is 0 Å². The third-order valence-electron chi connectivity index (χ3n) is 3.41. The number of amides is 1. The summed E-state index contributed by atoms with van der Waals surface area (Å²) in [6, 6.07) is 5.77. The minimum Gasteiger partial charge on any atom is -0.434 e. The standard InChI is InChI=1S/C15H21F2NO3/c1-3-10(4-2)12(19)9-18-14(20)11-7-5-6-8-13(11)21-15(16)17/h5-8,10,12,15,19H,3-4,9H2,1-2H3,(H,18,20). The molecular weight excluding hydrogens is 280 g/mol. The van der Waals surface area contributed by atoms with E-state index in [1.54, 1.807) is 6.07 Å². The van der Waals surface area contributed by atoms with Crippen molar-refractivity contribution in [2.75, 3.05) is 6.54 Å². The molecule has 21 heavy (non-hydrogen) atoms. The van der Waals surface area contributed by atoms with Crippen LogP contribution in [0.15, 0.2) is 24.3 Å². The third-order valence-corrected chi connectivity index (χ3v) is 3.41. The van der Waals surface area contributed by atoms with Gasteiger partial charge in [0.2, 0.25) is 0 Å². The molecule has 0 spiro atoms. The molecule has 1 unspecified atom stereocenters. The van der Waals surface area contributed by atoms with Crippen molar-refractivity contribution in [1.82, 2.24) is 5.32 Å². The number of halogens is 2. The molecule has 0 saturated heterocycles. The van der Waals surface area contributed by atoms with E-state index in [9.17, 15) is 18.7 Å². The Labute approximate surface area is 123 Å². The topological polar surface area (TPSA) is 58.6 Å². The van der Waals surface area contributed by atoms with E-state index in [0.717, 1.165) is 12.8 Å². The van der Waals surface area contributed by atoms with Gasteiger partial charge in [-0.05, 0) is 18.1 Å². The Kier molecular flexibility index (Phi) is 7.08. The van der Waals surface area contributed by atoms with Crippen molar-refractivity contribution in [2.45, 2.75) is 39.4 Å². The van der Waals surface area contributed by atoms with E-state index in [1.165, 1.54) is 18.2 Å². The second-order valence-corrected chi connectivity index (χ2v) is 4.73. The molecule has 1 aromatic rings. The van der Waals surface area contributed by atoms with E-state index >= 15 is 0 Å². The van der Waals surface area contributed by atoms with Crippen LogP contribution in [0.25, 0.3) is 0 Å². The molecule has 1 aromatic carbocycles. The molecule has 1 atom stereocenters. The molecule has 0 aliphatic heterocycles. The van der Waals surface area contributed by atoms with E-state index in [-0.39, 0.29) is 23.8 Å². The second-order valence-electron chi connectivity index (χ2n) is 4.73. The smallest absolute Gasteiger partial charge is 0.387 e. The number of carbonyl (C=O) groups excluding carboxylic acids is 1. The summed E-state index contributed by atoms with van der Waals surface area (Å²) in [5.74, 6) is -0.629. The first-order valence-electron chi connectivity index (χ1n) is 6.99. The Balaban J connectivity index is 2.68. The summed E-state index contributed by atoms with van der Waals surface area (Å²) in [6.07, 6.45) is 0.948. The van der Waals surface area contributed by atoms with Crippen LogP contribution in [0.5, 0.6) is 5.75 Å². The van der Waals surface area contributed by atoms with Gasteiger partial charge in [0, 0.05) is 6.54 Å². The Morgan fingerprint density at radius 3 is 2.48 bits per heavy atom. The number of hydrogen-bond acceptors (Lipinski definition) is 3. The summed E-state index contributed by atoms with van der Waals surface area (Å²) >= 11 is 0. The first-order chi connectivity index (χ1) is 9.99. The maximum atomic E-state index is 12.3. The van der Waals surface area contributed by atoms with Crippen molar-refractivity contribution in [3.63, 3.8) is 0 Å². The van der Waals surface area contributed by atoms with Crippen molar-refractivity contribution < 1.29 is 23.4 Å². The van der Waals surface area contributed by atoms with Crippen molar-refractivity contribution in [1.29, 1.82) is 0 Å². The van der Waals surface area contributed by atoms with Crippen LogP contribution in [0, 0.1) is 5.92 Å². The molecule has 1 rings (SSSR count). The molecule has 0 radical (unpaired) electrons. The van der Waals surface area contributed by atoms with Gasteiger partial charge in [-0.3, -0.25) is 4.79 Å². The number of hydrogen-bond donors (Lipinski definition) is 2. The number of rotatable bonds is 8. The van der Waals surface area contributed by atoms with Crippen LogP contribution in [0.3, 0.4) is 0 Å². The highest BCUT2D eigenvalue weighted by molar-refractivity contribution is 5.96. The van der Waals surface area contributed by atoms with Gasteiger partial charge in [0.15, 0.2) is 0 Å². The molecule has 0 fully saturated rings. The molecule has 4 nitrogen and oxygen atoms in total. The van der Waals surface area contributed by atoms with Crippen molar-refractivity contribution in [2.24, 2.45) is 5.92 Å². The number of carbonyl (C=O) groups is 1. The molecule has 6 heteroatoms. The zero-order valence-electron chi connectivity index (χ0n) is 12.2. The lowest BCUT2D eigenvalue weighted by Crippen LogP contribution is -2.36. The van der Waals surface area contributed by atoms with Gasteiger partial charge >= 0.3 is 6.61 Å². The molecule has 2 N–H and O–H groups in total. The number of aliphatic hydroxyl groups is 1. The number of benzene rings is 1. The summed E-state index contributed by atoms with van der Waals surface area (Å²) in [7, 11) is 0. The van der Waals surface area contributed by atoms with Crippen LogP contribution in [-0.4, -0.2) is 30.3 Å². The monoisotopic (exact) mass is 301 g/mol. The van der Waals surface area contributed by atoms with E-state index in [2.05, 4.69) is 10.1 Å². The summed E-state index contributed by atoms with van der Waals surface area (Å²) in [5.41, 5.74) is 0.0227. The summed E-state index contributed by atoms with van der Waals surface area (Å²) in [5, 5.41) is 12.5. The Morgan fingerprint density at radius 1 is 1.29 bits per heavy atom. The fourth-order valence-corrected chi connectivity index (χ4v) is 2.14. The predicted molar refractivity (Wildman–Crippen MR) is 75.5 cm³/mol. The fourth-order valence-electron chi connectivity index (χ4n) is 2.14. The summed E-state index contributed by atoms with van der Waals surface area (Å²) in [4.78, 5) is 12.0. The van der Waals surface area contributed by atoms with E-state index in [1.807, 2.05) is 13.8 Å². The van der Waals surface area contributed by atoms with Crippen LogP contribution in [0.4, 0.5) is 8.78 Å². The average Bonchev–Trinajstić information content (AvgIpc) is 2.46. The van der Waals surface area contributed by atoms with Gasteiger partial charge in [-0.1, -0.05) is 38.8 Å². The molecule has 0 saturated carbocycles. The molecule has 0 aliphatic carbocycles. The molecule has 1 amide bonds. The van der Waals surface area contributed by atoms with Gasteiger partial charge in [0.25, 0.3) is 5.91 Å². The van der Waals surface area contributed by atoms with Gasteiger partial charge in [0.1, 0.15) is 5.75 Å². The molecule has 0 aromatic heterocycles. The van der Waals surface area contributed by atoms with E-state index in [4.69, 9.17) is 0 Å². The highest BCUT2D eigenvalue weighted by atomic mass is 19.3. The lowest BCUT2D eigenvalue weighted by molar-refractivity contribution is -0.0501. The van der Waals surface area contributed by atoms with Gasteiger partial charge in [-0.2, -0.15) is 8.78 Å². The minimum atomic E-state index is -2.99. The van der Waals surface area contributed by atoms with Gasteiger partial charge < -0.3 is 15.2 Å². The Morgan fingerprint density at radius 2 is 1.90 bits per heavy atom. The zero-order chi connectivity index (χ0) is 15.8. The summed E-state index contributed by atoms with van der Waals surface area (Å²) < 4.78 is 28.9. The molecule has 0 bridgehead atoms. The van der Waals surface area contributed by atoms with Crippen LogP contribution in [0.1, 0.15) is 37.0 Å². The first kappa shape index (κ1) is 17.4. The highest BCUT2D eigenvalue weighted by Crippen LogP contribution is 2.20. The van der Waals surface area contributed by atoms with Crippen LogP contribution in [-0.2, 0) is 0 Å². The molecule has 0 aliphatic rings. The van der Waals surface area contributed by atoms with Crippen molar-refractivity contribution in [3.8, 4) is 5.75 Å². The van der Waals surface area contributed by atoms with Gasteiger partial charge in [-0.15, -0.1) is 0 Å². The van der Waals surface area contributed by atoms with Crippen molar-refractivity contribution >= 4 is 5.91 Å².